The van der Waals surface area contributed by atoms with E-state index in [1.807, 2.05) is 24.6 Å². The molecule has 4 aromatic rings. The number of amides is 1. The van der Waals surface area contributed by atoms with E-state index in [1.165, 1.54) is 0 Å². The van der Waals surface area contributed by atoms with Crippen LogP contribution in [0.3, 0.4) is 0 Å². The van der Waals surface area contributed by atoms with Crippen LogP contribution < -0.4 is 5.32 Å². The summed E-state index contributed by atoms with van der Waals surface area (Å²) in [6.07, 6.45) is 2.33. The molecule has 0 unspecified atom stereocenters. The summed E-state index contributed by atoms with van der Waals surface area (Å²) in [6, 6.07) is 7.30. The molecule has 0 aliphatic heterocycles. The Morgan fingerprint density at radius 3 is 2.82 bits per heavy atom. The highest BCUT2D eigenvalue weighted by Gasteiger charge is 2.20. The van der Waals surface area contributed by atoms with Crippen molar-refractivity contribution in [2.24, 2.45) is 0 Å². The summed E-state index contributed by atoms with van der Waals surface area (Å²) in [6.45, 7) is 7.06. The molecule has 8 heteroatoms. The third-order valence-electron chi connectivity index (χ3n) is 4.57. The zero-order valence-electron chi connectivity index (χ0n) is 16.0. The van der Waals surface area contributed by atoms with Crippen molar-refractivity contribution in [3.63, 3.8) is 0 Å². The Balaban J connectivity index is 1.51. The number of carbonyl (C=O) groups is 1. The average Bonchev–Trinajstić information content (AvgIpc) is 3.39. The normalized spacial score (nSPS) is 11.2. The van der Waals surface area contributed by atoms with Crippen LogP contribution in [0.5, 0.6) is 0 Å². The number of hydrogen-bond donors (Lipinski definition) is 1. The zero-order chi connectivity index (χ0) is 19.7. The van der Waals surface area contributed by atoms with Gasteiger partial charge in [0.1, 0.15) is 5.69 Å². The van der Waals surface area contributed by atoms with Crippen LogP contribution in [0, 0.1) is 20.8 Å². The minimum atomic E-state index is -0.195. The first-order valence-corrected chi connectivity index (χ1v) is 9.13. The summed E-state index contributed by atoms with van der Waals surface area (Å²) in [7, 11) is 0. The van der Waals surface area contributed by atoms with Crippen LogP contribution in [0.2, 0.25) is 0 Å². The van der Waals surface area contributed by atoms with Gasteiger partial charge in [-0.15, -0.1) is 0 Å². The summed E-state index contributed by atoms with van der Waals surface area (Å²) in [5.41, 5.74) is 4.06. The average molecular weight is 379 g/mol. The lowest BCUT2D eigenvalue weighted by atomic mass is 10.1. The fourth-order valence-corrected chi connectivity index (χ4v) is 3.25. The molecule has 0 bridgehead atoms. The van der Waals surface area contributed by atoms with E-state index in [4.69, 9.17) is 8.94 Å². The quantitative estimate of drug-likeness (QED) is 0.515. The monoisotopic (exact) mass is 379 g/mol. The fraction of sp³-hybridized carbons (Fsp3) is 0.300. The van der Waals surface area contributed by atoms with Gasteiger partial charge in [0.2, 0.25) is 0 Å². The van der Waals surface area contributed by atoms with Crippen molar-refractivity contribution in [1.29, 1.82) is 0 Å². The van der Waals surface area contributed by atoms with Crippen molar-refractivity contribution in [2.45, 2.75) is 33.7 Å². The maximum absolute atomic E-state index is 12.9. The summed E-state index contributed by atoms with van der Waals surface area (Å²) in [5.74, 6) is 0.370. The van der Waals surface area contributed by atoms with Crippen LogP contribution in [-0.4, -0.2) is 32.4 Å². The molecule has 4 heterocycles. The minimum Gasteiger partial charge on any atom is -0.463 e. The smallest absolute Gasteiger partial charge is 0.259 e. The van der Waals surface area contributed by atoms with Gasteiger partial charge in [0.25, 0.3) is 11.6 Å². The first kappa shape index (κ1) is 18.0. The number of aromatic nitrogens is 4. The van der Waals surface area contributed by atoms with E-state index in [-0.39, 0.29) is 5.91 Å². The highest BCUT2D eigenvalue weighted by atomic mass is 16.5. The van der Waals surface area contributed by atoms with Crippen molar-refractivity contribution < 1.29 is 13.7 Å². The van der Waals surface area contributed by atoms with E-state index < -0.39 is 0 Å². The van der Waals surface area contributed by atoms with Gasteiger partial charge in [-0.3, -0.25) is 9.48 Å². The van der Waals surface area contributed by atoms with Gasteiger partial charge in [0.15, 0.2) is 5.76 Å². The molecule has 1 N–H and O–H groups in total. The molecule has 4 rings (SSSR count). The molecule has 8 nitrogen and oxygen atoms in total. The Hall–Kier alpha value is -3.42. The molecule has 0 aliphatic carbocycles. The van der Waals surface area contributed by atoms with Gasteiger partial charge >= 0.3 is 0 Å². The molecule has 144 valence electrons. The molecule has 0 aliphatic rings. The van der Waals surface area contributed by atoms with Crippen molar-refractivity contribution in [3.05, 3.63) is 53.2 Å². The molecule has 0 radical (unpaired) electrons. The number of furan rings is 1. The first-order valence-electron chi connectivity index (χ1n) is 9.13. The molecule has 4 aromatic heterocycles. The highest BCUT2D eigenvalue weighted by Crippen LogP contribution is 2.27. The first-order chi connectivity index (χ1) is 13.5. The van der Waals surface area contributed by atoms with E-state index in [2.05, 4.69) is 20.6 Å². The number of fused-ring (bicyclic) bond motifs is 1. The Morgan fingerprint density at radius 1 is 1.25 bits per heavy atom. The number of nitrogens with zero attached hydrogens (tertiary/aromatic N) is 4. The number of hydrogen-bond acceptors (Lipinski definition) is 6. The number of pyridine rings is 1. The number of nitrogens with one attached hydrogen (secondary N) is 1. The number of aryl methyl sites for hydroxylation is 4. The molecule has 0 saturated heterocycles. The highest BCUT2D eigenvalue weighted by molar-refractivity contribution is 6.06. The van der Waals surface area contributed by atoms with Gasteiger partial charge in [-0.05, 0) is 51.5 Å². The lowest BCUT2D eigenvalue weighted by Gasteiger charge is -2.08. The topological polar surface area (TPSA) is 99.0 Å². The summed E-state index contributed by atoms with van der Waals surface area (Å²) in [4.78, 5) is 17.3. The molecule has 0 atom stereocenters. The third kappa shape index (κ3) is 3.40. The SMILES string of the molecule is Cc1cc(C)n(CCCNC(=O)c2cc(-c3ccco3)nc3onc(C)c23)n1. The van der Waals surface area contributed by atoms with Gasteiger partial charge in [-0.1, -0.05) is 5.16 Å². The van der Waals surface area contributed by atoms with Gasteiger partial charge in [0.05, 0.1) is 28.6 Å². The van der Waals surface area contributed by atoms with Crippen LogP contribution in [-0.2, 0) is 6.54 Å². The predicted molar refractivity (Wildman–Crippen MR) is 103 cm³/mol. The molecular formula is C20H21N5O3. The summed E-state index contributed by atoms with van der Waals surface area (Å²) < 4.78 is 12.6. The van der Waals surface area contributed by atoms with Gasteiger partial charge in [0, 0.05) is 18.8 Å². The van der Waals surface area contributed by atoms with Gasteiger partial charge in [-0.2, -0.15) is 5.10 Å². The van der Waals surface area contributed by atoms with Crippen LogP contribution in [0.15, 0.2) is 39.5 Å². The van der Waals surface area contributed by atoms with Crippen LogP contribution in [0.1, 0.15) is 33.9 Å². The predicted octanol–water partition coefficient (Wildman–Crippen LogP) is 3.42. The fourth-order valence-electron chi connectivity index (χ4n) is 3.25. The molecule has 1 amide bonds. The lowest BCUT2D eigenvalue weighted by Crippen LogP contribution is -2.26. The molecule has 0 saturated carbocycles. The van der Waals surface area contributed by atoms with Crippen LogP contribution >= 0.6 is 0 Å². The Labute approximate surface area is 161 Å². The summed E-state index contributed by atoms with van der Waals surface area (Å²) >= 11 is 0. The van der Waals surface area contributed by atoms with Crippen molar-refractivity contribution >= 4 is 17.0 Å². The van der Waals surface area contributed by atoms with Crippen LogP contribution in [0.4, 0.5) is 0 Å². The van der Waals surface area contributed by atoms with E-state index in [0.717, 1.165) is 24.4 Å². The summed E-state index contributed by atoms with van der Waals surface area (Å²) in [5, 5.41) is 12.0. The second kappa shape index (κ2) is 7.30. The van der Waals surface area contributed by atoms with E-state index in [9.17, 15) is 4.79 Å². The second-order valence-electron chi connectivity index (χ2n) is 6.74. The van der Waals surface area contributed by atoms with Crippen molar-refractivity contribution in [3.8, 4) is 11.5 Å². The van der Waals surface area contributed by atoms with Crippen molar-refractivity contribution in [1.82, 2.24) is 25.2 Å². The standard InChI is InChI=1S/C20H21N5O3/c1-12-10-13(2)25(23-12)8-5-7-21-19(26)15-11-16(17-6-4-9-27-17)22-20-18(15)14(3)24-28-20/h4,6,9-11H,5,7-8H2,1-3H3,(H,21,26). The van der Waals surface area contributed by atoms with E-state index >= 15 is 0 Å². The molecule has 0 aromatic carbocycles. The molecule has 28 heavy (non-hydrogen) atoms. The van der Waals surface area contributed by atoms with Crippen LogP contribution in [0.25, 0.3) is 22.6 Å². The van der Waals surface area contributed by atoms with Gasteiger partial charge < -0.3 is 14.3 Å². The largest absolute Gasteiger partial charge is 0.463 e. The maximum Gasteiger partial charge on any atom is 0.259 e. The number of rotatable bonds is 6. The Bertz CT molecular complexity index is 1120. The number of carbonyl (C=O) groups excluding carboxylic acids is 1. The van der Waals surface area contributed by atoms with E-state index in [0.29, 0.717) is 40.4 Å². The Morgan fingerprint density at radius 2 is 2.11 bits per heavy atom. The Kier molecular flexibility index (Phi) is 4.68. The zero-order valence-corrected chi connectivity index (χ0v) is 16.0. The molecule has 0 spiro atoms. The van der Waals surface area contributed by atoms with E-state index in [1.54, 1.807) is 31.4 Å². The minimum absolute atomic E-state index is 0.195. The van der Waals surface area contributed by atoms with Crippen molar-refractivity contribution in [2.75, 3.05) is 6.54 Å². The molecule has 0 fully saturated rings. The third-order valence-corrected chi connectivity index (χ3v) is 4.57. The lowest BCUT2D eigenvalue weighted by molar-refractivity contribution is 0.0954. The van der Waals surface area contributed by atoms with Gasteiger partial charge in [-0.25, -0.2) is 4.98 Å². The maximum atomic E-state index is 12.9. The second-order valence-corrected chi connectivity index (χ2v) is 6.74. The molecular weight excluding hydrogens is 358 g/mol.